The van der Waals surface area contributed by atoms with Gasteiger partial charge in [-0.05, 0) is 65.6 Å². The lowest BCUT2D eigenvalue weighted by Crippen LogP contribution is -2.56. The second-order valence-corrected chi connectivity index (χ2v) is 11.8. The molecule has 10 nitrogen and oxygen atoms in total. The molecule has 0 spiro atoms. The van der Waals surface area contributed by atoms with Crippen molar-refractivity contribution in [1.29, 1.82) is 0 Å². The lowest BCUT2D eigenvalue weighted by molar-refractivity contribution is -0.141. The van der Waals surface area contributed by atoms with Gasteiger partial charge in [-0.15, -0.1) is 0 Å². The van der Waals surface area contributed by atoms with E-state index in [1.807, 2.05) is 0 Å². The minimum Gasteiger partial charge on any atom is -0.493 e. The van der Waals surface area contributed by atoms with E-state index in [1.165, 1.54) is 7.11 Å². The molecule has 41 heavy (non-hydrogen) atoms. The molecule has 1 aliphatic heterocycles. The fraction of sp³-hybridized carbons (Fsp3) is 0.667. The zero-order chi connectivity index (χ0) is 29.8. The van der Waals surface area contributed by atoms with Crippen molar-refractivity contribution in [3.8, 4) is 11.5 Å². The zero-order valence-electron chi connectivity index (χ0n) is 24.1. The number of benzene rings is 1. The summed E-state index contributed by atoms with van der Waals surface area (Å²) in [5, 5.41) is 33.2. The van der Waals surface area contributed by atoms with Crippen LogP contribution in [0, 0.1) is 3.57 Å². The Balaban J connectivity index is 1.92. The van der Waals surface area contributed by atoms with Crippen molar-refractivity contribution in [3.05, 3.63) is 32.9 Å². The van der Waals surface area contributed by atoms with Crippen molar-refractivity contribution >= 4 is 34.4 Å². The molecule has 4 atom stereocenters. The lowest BCUT2D eigenvalue weighted by atomic mass is 9.87. The van der Waals surface area contributed by atoms with Crippen LogP contribution in [0.4, 0.5) is 0 Å². The van der Waals surface area contributed by atoms with Crippen LogP contribution in [0.5, 0.6) is 11.5 Å². The summed E-state index contributed by atoms with van der Waals surface area (Å²) in [7, 11) is 1.49. The second-order valence-electron chi connectivity index (χ2n) is 10.6. The van der Waals surface area contributed by atoms with Gasteiger partial charge in [0.15, 0.2) is 11.5 Å². The van der Waals surface area contributed by atoms with Crippen LogP contribution in [0.2, 0.25) is 0 Å². The Hall–Kier alpha value is -1.93. The average molecular weight is 689 g/mol. The number of aliphatic hydroxyl groups excluding tert-OH is 3. The number of nitrogens with one attached hydrogen (secondary N) is 1. The number of carbonyl (C=O) groups is 2. The first-order valence-electron chi connectivity index (χ1n) is 14.7. The predicted molar refractivity (Wildman–Crippen MR) is 163 cm³/mol. The highest BCUT2D eigenvalue weighted by Crippen LogP contribution is 2.37. The van der Waals surface area contributed by atoms with Crippen LogP contribution in [0.25, 0.3) is 0 Å². The number of nitrogens with zero attached hydrogens (tertiary/aromatic N) is 1. The molecule has 4 N–H and O–H groups in total. The Bertz CT molecular complexity index is 1030. The number of rotatable bonds is 16. The molecule has 230 valence electrons. The van der Waals surface area contributed by atoms with Gasteiger partial charge in [0.2, 0.25) is 11.8 Å². The molecule has 3 rings (SSSR count). The van der Waals surface area contributed by atoms with E-state index in [0.717, 1.165) is 44.9 Å². The fourth-order valence-electron chi connectivity index (χ4n) is 5.35. The number of ether oxygens (including phenoxy) is 3. The molecule has 0 aromatic heterocycles. The van der Waals surface area contributed by atoms with Crippen LogP contribution >= 0.6 is 22.6 Å². The Kier molecular flexibility index (Phi) is 14.1. The highest BCUT2D eigenvalue weighted by atomic mass is 127. The van der Waals surface area contributed by atoms with Crippen molar-refractivity contribution < 1.29 is 39.1 Å². The molecule has 1 saturated heterocycles. The second kappa shape index (κ2) is 17.3. The quantitative estimate of drug-likeness (QED) is 0.154. The number of hydrogen-bond acceptors (Lipinski definition) is 8. The summed E-state index contributed by atoms with van der Waals surface area (Å²) in [4.78, 5) is 28.4. The van der Waals surface area contributed by atoms with E-state index in [2.05, 4.69) is 34.8 Å². The number of amides is 2. The maximum Gasteiger partial charge on any atom is 0.247 e. The molecule has 1 heterocycles. The summed E-state index contributed by atoms with van der Waals surface area (Å²) in [6.45, 7) is 2.82. The SMILES string of the molecule is CCCCCCCC(=O)N(C[C@H]1CCCO1)[C@@H]1CC(C(=O)NCCO)=C[C@H](Oc2c(I)cc(CO)cc2OC)[C@H]1O. The van der Waals surface area contributed by atoms with Gasteiger partial charge in [-0.3, -0.25) is 9.59 Å². The first-order chi connectivity index (χ1) is 19.8. The smallest absolute Gasteiger partial charge is 0.247 e. The standard InChI is InChI=1S/C30H45IN2O8/c1-3-4-5-6-7-10-27(36)33(18-22-9-8-13-40-22)24-16-21(30(38)32-11-12-34)17-25(28(24)37)41-29-23(31)14-20(19-35)15-26(29)39-2/h14-15,17,22,24-25,28,34-35,37H,3-13,16,18-19H2,1-2H3,(H,32,38)/t22-,24-,25+,28+/m1/s1. The number of halogens is 1. The van der Waals surface area contributed by atoms with Gasteiger partial charge < -0.3 is 39.7 Å². The topological polar surface area (TPSA) is 138 Å². The van der Waals surface area contributed by atoms with Gasteiger partial charge in [-0.25, -0.2) is 0 Å². The van der Waals surface area contributed by atoms with E-state index < -0.39 is 18.2 Å². The highest BCUT2D eigenvalue weighted by molar-refractivity contribution is 14.1. The number of methoxy groups -OCH3 is 1. The van der Waals surface area contributed by atoms with Gasteiger partial charge in [-0.1, -0.05) is 32.6 Å². The molecule has 2 amide bonds. The van der Waals surface area contributed by atoms with Crippen LogP contribution in [-0.2, 0) is 20.9 Å². The monoisotopic (exact) mass is 688 g/mol. The summed E-state index contributed by atoms with van der Waals surface area (Å²) in [6.07, 6.45) is 6.65. The summed E-state index contributed by atoms with van der Waals surface area (Å²) >= 11 is 2.08. The zero-order valence-corrected chi connectivity index (χ0v) is 26.3. The molecule has 1 aliphatic carbocycles. The molecular weight excluding hydrogens is 643 g/mol. The predicted octanol–water partition coefficient (Wildman–Crippen LogP) is 3.08. The molecule has 1 fully saturated rings. The molecular formula is C30H45IN2O8. The van der Waals surface area contributed by atoms with Gasteiger partial charge in [0, 0.05) is 38.1 Å². The Morgan fingerprint density at radius 2 is 1.98 bits per heavy atom. The number of hydrogen-bond donors (Lipinski definition) is 4. The van der Waals surface area contributed by atoms with Crippen molar-refractivity contribution in [2.45, 2.75) is 95.7 Å². The largest absolute Gasteiger partial charge is 0.493 e. The van der Waals surface area contributed by atoms with E-state index in [-0.39, 0.29) is 44.1 Å². The maximum atomic E-state index is 13.7. The molecule has 0 radical (unpaired) electrons. The van der Waals surface area contributed by atoms with Crippen molar-refractivity contribution in [2.75, 3.05) is 33.4 Å². The normalized spacial score (nSPS) is 22.2. The first-order valence-corrected chi connectivity index (χ1v) is 15.7. The Morgan fingerprint density at radius 1 is 1.20 bits per heavy atom. The van der Waals surface area contributed by atoms with Crippen LogP contribution in [0.3, 0.4) is 0 Å². The third kappa shape index (κ3) is 9.54. The van der Waals surface area contributed by atoms with Gasteiger partial charge in [0.1, 0.15) is 12.2 Å². The average Bonchev–Trinajstić information content (AvgIpc) is 3.49. The minimum atomic E-state index is -1.13. The Labute approximate surface area is 256 Å². The number of unbranched alkanes of at least 4 members (excludes halogenated alkanes) is 4. The summed E-state index contributed by atoms with van der Waals surface area (Å²) in [6, 6.07) is 2.71. The molecule has 2 aliphatic rings. The van der Waals surface area contributed by atoms with E-state index in [4.69, 9.17) is 14.2 Å². The molecule has 0 unspecified atom stereocenters. The van der Waals surface area contributed by atoms with E-state index in [0.29, 0.717) is 45.8 Å². The third-order valence-electron chi connectivity index (χ3n) is 7.58. The molecule has 11 heteroatoms. The molecule has 0 saturated carbocycles. The van der Waals surface area contributed by atoms with Gasteiger partial charge in [0.05, 0.1) is 36.0 Å². The van der Waals surface area contributed by atoms with Crippen LogP contribution in [-0.4, -0.2) is 89.8 Å². The number of carbonyl (C=O) groups excluding carboxylic acids is 2. The van der Waals surface area contributed by atoms with Crippen LogP contribution < -0.4 is 14.8 Å². The van der Waals surface area contributed by atoms with E-state index in [1.54, 1.807) is 23.1 Å². The van der Waals surface area contributed by atoms with Gasteiger partial charge in [-0.2, -0.15) is 0 Å². The van der Waals surface area contributed by atoms with Crippen LogP contribution in [0.1, 0.15) is 70.3 Å². The van der Waals surface area contributed by atoms with E-state index in [9.17, 15) is 24.9 Å². The summed E-state index contributed by atoms with van der Waals surface area (Å²) in [5.74, 6) is 0.297. The molecule has 0 bridgehead atoms. The fourth-order valence-corrected chi connectivity index (χ4v) is 6.14. The number of aliphatic hydroxyl groups is 3. The van der Waals surface area contributed by atoms with E-state index >= 15 is 0 Å². The maximum absolute atomic E-state index is 13.7. The lowest BCUT2D eigenvalue weighted by Gasteiger charge is -2.41. The first kappa shape index (κ1) is 33.6. The minimum absolute atomic E-state index is 0.0729. The highest BCUT2D eigenvalue weighted by Gasteiger charge is 2.41. The van der Waals surface area contributed by atoms with Crippen molar-refractivity contribution in [3.63, 3.8) is 0 Å². The third-order valence-corrected chi connectivity index (χ3v) is 8.38. The van der Waals surface area contributed by atoms with Gasteiger partial charge >= 0.3 is 0 Å². The molecule has 1 aromatic carbocycles. The van der Waals surface area contributed by atoms with Crippen LogP contribution in [0.15, 0.2) is 23.8 Å². The Morgan fingerprint density at radius 3 is 2.63 bits per heavy atom. The van der Waals surface area contributed by atoms with Crippen molar-refractivity contribution in [2.24, 2.45) is 0 Å². The van der Waals surface area contributed by atoms with Crippen molar-refractivity contribution in [1.82, 2.24) is 10.2 Å². The summed E-state index contributed by atoms with van der Waals surface area (Å²) in [5.41, 5.74) is 1.01. The van der Waals surface area contributed by atoms with Gasteiger partial charge in [0.25, 0.3) is 0 Å². The summed E-state index contributed by atoms with van der Waals surface area (Å²) < 4.78 is 18.4. The molecule has 1 aromatic rings.